The van der Waals surface area contributed by atoms with E-state index in [-0.39, 0.29) is 0 Å². The molecule has 3 aromatic rings. The van der Waals surface area contributed by atoms with E-state index in [9.17, 15) is 0 Å². The summed E-state index contributed by atoms with van der Waals surface area (Å²) in [5.41, 5.74) is 3.18. The van der Waals surface area contributed by atoms with Crippen LogP contribution in [0.2, 0.25) is 0 Å². The van der Waals surface area contributed by atoms with E-state index in [1.807, 2.05) is 37.0 Å². The summed E-state index contributed by atoms with van der Waals surface area (Å²) in [5, 5.41) is 7.79. The highest BCUT2D eigenvalue weighted by Gasteiger charge is 2.13. The molecule has 7 heteroatoms. The van der Waals surface area contributed by atoms with Crippen molar-refractivity contribution in [2.24, 2.45) is 7.05 Å². The minimum atomic E-state index is 0.701. The lowest BCUT2D eigenvalue weighted by molar-refractivity contribution is 0.368. The molecular formula is C16H20N6O. The molecule has 0 saturated carbocycles. The maximum Gasteiger partial charge on any atom is 0.216 e. The van der Waals surface area contributed by atoms with E-state index in [0.717, 1.165) is 35.1 Å². The van der Waals surface area contributed by atoms with Crippen LogP contribution in [-0.4, -0.2) is 31.4 Å². The van der Waals surface area contributed by atoms with Crippen LogP contribution in [0.3, 0.4) is 0 Å². The average molecular weight is 312 g/mol. The molecule has 0 saturated heterocycles. The number of imidazole rings is 1. The summed E-state index contributed by atoms with van der Waals surface area (Å²) in [6.45, 7) is 3.42. The molecule has 0 atom stereocenters. The van der Waals surface area contributed by atoms with E-state index in [1.54, 1.807) is 24.3 Å². The maximum atomic E-state index is 5.40. The van der Waals surface area contributed by atoms with E-state index in [1.165, 1.54) is 0 Å². The van der Waals surface area contributed by atoms with E-state index >= 15 is 0 Å². The van der Waals surface area contributed by atoms with Gasteiger partial charge in [-0.3, -0.25) is 4.57 Å². The molecule has 0 aromatic carbocycles. The van der Waals surface area contributed by atoms with Crippen LogP contribution in [0.5, 0.6) is 5.88 Å². The fourth-order valence-corrected chi connectivity index (χ4v) is 2.54. The Kier molecular flexibility index (Phi) is 4.38. The number of ether oxygens (including phenoxy) is 1. The van der Waals surface area contributed by atoms with Gasteiger partial charge in [-0.15, -0.1) is 0 Å². The van der Waals surface area contributed by atoms with Gasteiger partial charge >= 0.3 is 0 Å². The first-order valence-corrected chi connectivity index (χ1v) is 7.39. The van der Waals surface area contributed by atoms with Gasteiger partial charge in [-0.2, -0.15) is 5.10 Å². The Balaban J connectivity index is 1.61. The quantitative estimate of drug-likeness (QED) is 0.749. The van der Waals surface area contributed by atoms with Crippen LogP contribution in [0.15, 0.2) is 37.1 Å². The second kappa shape index (κ2) is 6.62. The third-order valence-corrected chi connectivity index (χ3v) is 3.69. The van der Waals surface area contributed by atoms with Crippen molar-refractivity contribution in [2.75, 3.05) is 7.11 Å². The normalized spacial score (nSPS) is 10.9. The van der Waals surface area contributed by atoms with Crippen molar-refractivity contribution in [1.29, 1.82) is 0 Å². The number of hydrogen-bond donors (Lipinski definition) is 1. The molecule has 3 heterocycles. The molecule has 0 radical (unpaired) electrons. The number of aromatic nitrogens is 5. The van der Waals surface area contributed by atoms with Gasteiger partial charge in [0.1, 0.15) is 12.1 Å². The van der Waals surface area contributed by atoms with Crippen molar-refractivity contribution >= 4 is 0 Å². The lowest BCUT2D eigenvalue weighted by Gasteiger charge is -2.08. The molecule has 3 aromatic heterocycles. The lowest BCUT2D eigenvalue weighted by atomic mass is 10.2. The third-order valence-electron chi connectivity index (χ3n) is 3.69. The fraction of sp³-hybridized carbons (Fsp3) is 0.312. The van der Waals surface area contributed by atoms with Gasteiger partial charge in [0.2, 0.25) is 5.88 Å². The van der Waals surface area contributed by atoms with E-state index in [2.05, 4.69) is 26.4 Å². The van der Waals surface area contributed by atoms with Crippen LogP contribution in [0.4, 0.5) is 0 Å². The predicted molar refractivity (Wildman–Crippen MR) is 86.4 cm³/mol. The minimum Gasteiger partial charge on any atom is -0.481 e. The lowest BCUT2D eigenvalue weighted by Crippen LogP contribution is -2.14. The molecule has 1 N–H and O–H groups in total. The zero-order valence-electron chi connectivity index (χ0n) is 13.5. The summed E-state index contributed by atoms with van der Waals surface area (Å²) in [5.74, 6) is 1.65. The first kappa shape index (κ1) is 15.2. The topological polar surface area (TPSA) is 69.8 Å². The molecule has 0 aliphatic rings. The molecule has 0 amide bonds. The predicted octanol–water partition coefficient (Wildman–Crippen LogP) is 1.61. The summed E-state index contributed by atoms with van der Waals surface area (Å²) >= 11 is 0. The van der Waals surface area contributed by atoms with Gasteiger partial charge in [0.15, 0.2) is 0 Å². The van der Waals surface area contributed by atoms with E-state index in [0.29, 0.717) is 6.54 Å². The minimum absolute atomic E-state index is 0.701. The van der Waals surface area contributed by atoms with Crippen LogP contribution in [0.1, 0.15) is 16.8 Å². The summed E-state index contributed by atoms with van der Waals surface area (Å²) < 4.78 is 9.03. The molecule has 3 rings (SSSR count). The molecule has 0 fully saturated rings. The van der Waals surface area contributed by atoms with Crippen LogP contribution in [-0.2, 0) is 20.1 Å². The SMILES string of the molecule is COc1c(CNCc2ccc(-n3ccnc3)nc2)c(C)nn1C. The van der Waals surface area contributed by atoms with Crippen LogP contribution in [0, 0.1) is 6.92 Å². The number of rotatable bonds is 6. The Bertz CT molecular complexity index is 761. The molecule has 0 bridgehead atoms. The zero-order chi connectivity index (χ0) is 16.2. The van der Waals surface area contributed by atoms with Gasteiger partial charge in [-0.25, -0.2) is 14.6 Å². The Labute approximate surface area is 134 Å². The number of hydrogen-bond acceptors (Lipinski definition) is 5. The summed E-state index contributed by atoms with van der Waals surface area (Å²) in [4.78, 5) is 8.47. The number of methoxy groups -OCH3 is 1. The van der Waals surface area contributed by atoms with Crippen LogP contribution < -0.4 is 10.1 Å². The molecular weight excluding hydrogens is 292 g/mol. The fourth-order valence-electron chi connectivity index (χ4n) is 2.54. The second-order valence-electron chi connectivity index (χ2n) is 5.30. The van der Waals surface area contributed by atoms with Crippen molar-refractivity contribution in [3.8, 4) is 11.7 Å². The number of nitrogens with one attached hydrogen (secondary N) is 1. The summed E-state index contributed by atoms with van der Waals surface area (Å²) in [7, 11) is 3.55. The molecule has 0 spiro atoms. The van der Waals surface area contributed by atoms with Crippen molar-refractivity contribution in [1.82, 2.24) is 29.6 Å². The van der Waals surface area contributed by atoms with E-state index in [4.69, 9.17) is 4.74 Å². The van der Waals surface area contributed by atoms with Gasteiger partial charge in [-0.1, -0.05) is 6.07 Å². The standard InChI is InChI=1S/C16H20N6O/c1-12-14(16(23-3)21(2)20-12)10-18-8-13-4-5-15(19-9-13)22-7-6-17-11-22/h4-7,9,11,18H,8,10H2,1-3H3. The molecule has 23 heavy (non-hydrogen) atoms. The Hall–Kier alpha value is -2.67. The first-order valence-electron chi connectivity index (χ1n) is 7.39. The van der Waals surface area contributed by atoms with Crippen molar-refractivity contribution in [3.63, 3.8) is 0 Å². The largest absolute Gasteiger partial charge is 0.481 e. The van der Waals surface area contributed by atoms with Gasteiger partial charge in [0.05, 0.1) is 18.4 Å². The van der Waals surface area contributed by atoms with Gasteiger partial charge < -0.3 is 10.1 Å². The van der Waals surface area contributed by atoms with Gasteiger partial charge in [-0.05, 0) is 18.6 Å². The third kappa shape index (κ3) is 3.24. The molecule has 0 aliphatic heterocycles. The van der Waals surface area contributed by atoms with Crippen molar-refractivity contribution in [2.45, 2.75) is 20.0 Å². The Morgan fingerprint density at radius 3 is 2.78 bits per heavy atom. The van der Waals surface area contributed by atoms with Crippen LogP contribution in [0.25, 0.3) is 5.82 Å². The highest BCUT2D eigenvalue weighted by molar-refractivity contribution is 5.31. The average Bonchev–Trinajstić information content (AvgIpc) is 3.17. The first-order chi connectivity index (χ1) is 11.2. The monoisotopic (exact) mass is 312 g/mol. The maximum absolute atomic E-state index is 5.40. The summed E-state index contributed by atoms with van der Waals surface area (Å²) in [6.07, 6.45) is 7.21. The zero-order valence-corrected chi connectivity index (χ0v) is 13.5. The molecule has 0 unspecified atom stereocenters. The summed E-state index contributed by atoms with van der Waals surface area (Å²) in [6, 6.07) is 4.04. The highest BCUT2D eigenvalue weighted by Crippen LogP contribution is 2.20. The Morgan fingerprint density at radius 1 is 1.26 bits per heavy atom. The van der Waals surface area contributed by atoms with Gasteiger partial charge in [0, 0.05) is 38.7 Å². The van der Waals surface area contributed by atoms with Crippen molar-refractivity contribution in [3.05, 3.63) is 53.9 Å². The van der Waals surface area contributed by atoms with Crippen molar-refractivity contribution < 1.29 is 4.74 Å². The molecule has 0 aliphatic carbocycles. The molecule has 7 nitrogen and oxygen atoms in total. The number of nitrogens with zero attached hydrogens (tertiary/aromatic N) is 5. The smallest absolute Gasteiger partial charge is 0.216 e. The van der Waals surface area contributed by atoms with Crippen LogP contribution >= 0.6 is 0 Å². The number of pyridine rings is 1. The Morgan fingerprint density at radius 2 is 2.13 bits per heavy atom. The second-order valence-corrected chi connectivity index (χ2v) is 5.30. The molecule has 120 valence electrons. The highest BCUT2D eigenvalue weighted by atomic mass is 16.5. The number of aryl methyl sites for hydroxylation is 2. The van der Waals surface area contributed by atoms with Gasteiger partial charge in [0.25, 0.3) is 0 Å². The van der Waals surface area contributed by atoms with E-state index < -0.39 is 0 Å².